The summed E-state index contributed by atoms with van der Waals surface area (Å²) in [6, 6.07) is 23.7. The summed E-state index contributed by atoms with van der Waals surface area (Å²) in [5, 5.41) is 13.4. The van der Waals surface area contributed by atoms with Crippen molar-refractivity contribution in [2.75, 3.05) is 0 Å². The molecule has 0 N–H and O–H groups in total. The fraction of sp³-hybridized carbons (Fsp3) is 0.120. The second kappa shape index (κ2) is 9.88. The lowest BCUT2D eigenvalue weighted by Crippen LogP contribution is -2.07. The second-order valence-corrected chi connectivity index (χ2v) is 8.37. The lowest BCUT2D eigenvalue weighted by Gasteiger charge is -2.11. The third kappa shape index (κ3) is 4.84. The fourth-order valence-electron chi connectivity index (χ4n) is 3.34. The van der Waals surface area contributed by atoms with Gasteiger partial charge in [0.15, 0.2) is 11.0 Å². The van der Waals surface area contributed by atoms with Crippen molar-refractivity contribution >= 4 is 11.8 Å². The van der Waals surface area contributed by atoms with Gasteiger partial charge in [-0.2, -0.15) is 4.98 Å². The van der Waals surface area contributed by atoms with Crippen LogP contribution in [0.1, 0.15) is 17.3 Å². The van der Waals surface area contributed by atoms with E-state index in [1.54, 1.807) is 12.1 Å². The molecule has 34 heavy (non-hydrogen) atoms. The van der Waals surface area contributed by atoms with E-state index in [4.69, 9.17) is 9.26 Å². The first-order chi connectivity index (χ1) is 16.7. The Morgan fingerprint density at radius 3 is 2.50 bits per heavy atom. The lowest BCUT2D eigenvalue weighted by atomic mass is 10.2. The molecule has 0 radical (unpaired) electrons. The Kier molecular flexibility index (Phi) is 6.35. The van der Waals surface area contributed by atoms with E-state index in [1.807, 2.05) is 66.1 Å². The van der Waals surface area contributed by atoms with E-state index < -0.39 is 0 Å². The topological polar surface area (TPSA) is 78.9 Å². The molecule has 0 saturated heterocycles. The standard InChI is InChI=1S/C25H20FN5O2S/c1-17-7-5-6-10-21(17)32-15-22-28-29-25(31(22)20-8-3-2-4-9-20)34-16-23-27-24(30-33-23)18-11-13-19(26)14-12-18/h2-14H,15-16H2,1H3. The number of aryl methyl sites for hydroxylation is 1. The third-order valence-corrected chi connectivity index (χ3v) is 5.97. The number of para-hydroxylation sites is 2. The minimum atomic E-state index is -0.314. The summed E-state index contributed by atoms with van der Waals surface area (Å²) in [5.41, 5.74) is 2.66. The summed E-state index contributed by atoms with van der Waals surface area (Å²) in [6.07, 6.45) is 0. The van der Waals surface area contributed by atoms with Crippen molar-refractivity contribution in [1.29, 1.82) is 0 Å². The monoisotopic (exact) mass is 473 g/mol. The highest BCUT2D eigenvalue weighted by Gasteiger charge is 2.17. The van der Waals surface area contributed by atoms with Gasteiger partial charge in [0.25, 0.3) is 0 Å². The summed E-state index contributed by atoms with van der Waals surface area (Å²) in [6.45, 7) is 2.27. The van der Waals surface area contributed by atoms with Gasteiger partial charge in [-0.15, -0.1) is 10.2 Å². The largest absolute Gasteiger partial charge is 0.485 e. The first-order valence-electron chi connectivity index (χ1n) is 10.6. The molecule has 5 aromatic rings. The van der Waals surface area contributed by atoms with Crippen LogP contribution in [0.3, 0.4) is 0 Å². The van der Waals surface area contributed by atoms with Crippen molar-refractivity contribution in [1.82, 2.24) is 24.9 Å². The molecular formula is C25H20FN5O2S. The summed E-state index contributed by atoms with van der Waals surface area (Å²) in [7, 11) is 0. The number of benzene rings is 3. The van der Waals surface area contributed by atoms with Crippen LogP contribution in [0.4, 0.5) is 4.39 Å². The first kappa shape index (κ1) is 21.8. The molecule has 5 rings (SSSR count). The van der Waals surface area contributed by atoms with Crippen LogP contribution in [0.2, 0.25) is 0 Å². The number of ether oxygens (including phenoxy) is 1. The van der Waals surface area contributed by atoms with Crippen molar-refractivity contribution in [2.24, 2.45) is 0 Å². The van der Waals surface area contributed by atoms with E-state index in [-0.39, 0.29) is 12.4 Å². The Balaban J connectivity index is 1.35. The number of nitrogens with zero attached hydrogens (tertiary/aromatic N) is 5. The zero-order chi connectivity index (χ0) is 23.3. The molecule has 0 amide bonds. The van der Waals surface area contributed by atoms with Gasteiger partial charge in [-0.25, -0.2) is 4.39 Å². The fourth-order valence-corrected chi connectivity index (χ4v) is 4.15. The molecule has 0 unspecified atom stereocenters. The van der Waals surface area contributed by atoms with Crippen LogP contribution in [0.5, 0.6) is 5.75 Å². The average Bonchev–Trinajstić information content (AvgIpc) is 3.50. The molecule has 0 bridgehead atoms. The van der Waals surface area contributed by atoms with E-state index in [1.165, 1.54) is 23.9 Å². The Hall–Kier alpha value is -3.98. The Labute approximate surface area is 199 Å². The van der Waals surface area contributed by atoms with Crippen LogP contribution in [0.15, 0.2) is 88.5 Å². The van der Waals surface area contributed by atoms with Crippen LogP contribution in [-0.4, -0.2) is 24.9 Å². The molecule has 9 heteroatoms. The molecule has 0 fully saturated rings. The molecule has 2 aromatic heterocycles. The van der Waals surface area contributed by atoms with E-state index in [9.17, 15) is 4.39 Å². The molecular weight excluding hydrogens is 453 g/mol. The van der Waals surface area contributed by atoms with E-state index in [2.05, 4.69) is 20.3 Å². The van der Waals surface area contributed by atoms with Gasteiger partial charge in [-0.1, -0.05) is 53.3 Å². The number of hydrogen-bond donors (Lipinski definition) is 0. The highest BCUT2D eigenvalue weighted by molar-refractivity contribution is 7.98. The van der Waals surface area contributed by atoms with E-state index in [0.29, 0.717) is 34.0 Å². The molecule has 2 heterocycles. The SMILES string of the molecule is Cc1ccccc1OCc1nnc(SCc2nc(-c3ccc(F)cc3)no2)n1-c1ccccc1. The summed E-state index contributed by atoms with van der Waals surface area (Å²) >= 11 is 1.43. The number of hydrogen-bond acceptors (Lipinski definition) is 7. The van der Waals surface area contributed by atoms with Crippen LogP contribution in [0, 0.1) is 12.7 Å². The maximum Gasteiger partial charge on any atom is 0.237 e. The van der Waals surface area contributed by atoms with Gasteiger partial charge in [0.05, 0.1) is 5.75 Å². The molecule has 7 nitrogen and oxygen atoms in total. The molecule has 0 aliphatic heterocycles. The maximum atomic E-state index is 13.2. The normalized spacial score (nSPS) is 11.0. The van der Waals surface area contributed by atoms with Gasteiger partial charge in [-0.05, 0) is 55.0 Å². The lowest BCUT2D eigenvalue weighted by molar-refractivity contribution is 0.291. The number of rotatable bonds is 8. The van der Waals surface area contributed by atoms with Gasteiger partial charge in [0, 0.05) is 11.3 Å². The van der Waals surface area contributed by atoms with Crippen LogP contribution < -0.4 is 4.74 Å². The van der Waals surface area contributed by atoms with Crippen LogP contribution >= 0.6 is 11.8 Å². The summed E-state index contributed by atoms with van der Waals surface area (Å²) in [5.74, 6) is 2.41. The van der Waals surface area contributed by atoms with Gasteiger partial charge in [0.1, 0.15) is 18.2 Å². The second-order valence-electron chi connectivity index (χ2n) is 7.43. The zero-order valence-corrected chi connectivity index (χ0v) is 19.1. The number of aromatic nitrogens is 5. The molecule has 170 valence electrons. The van der Waals surface area contributed by atoms with Crippen molar-refractivity contribution < 1.29 is 13.7 Å². The molecule has 0 atom stereocenters. The van der Waals surface area contributed by atoms with Crippen molar-refractivity contribution in [3.05, 3.63) is 102 Å². The molecule has 3 aromatic carbocycles. The van der Waals surface area contributed by atoms with Crippen molar-refractivity contribution in [3.8, 4) is 22.8 Å². The highest BCUT2D eigenvalue weighted by Crippen LogP contribution is 2.27. The Bertz CT molecular complexity index is 1390. The van der Waals surface area contributed by atoms with Crippen molar-refractivity contribution in [3.63, 3.8) is 0 Å². The Morgan fingerprint density at radius 1 is 0.941 bits per heavy atom. The predicted molar refractivity (Wildman–Crippen MR) is 126 cm³/mol. The minimum Gasteiger partial charge on any atom is -0.485 e. The zero-order valence-electron chi connectivity index (χ0n) is 18.3. The molecule has 0 saturated carbocycles. The van der Waals surface area contributed by atoms with Gasteiger partial charge in [0.2, 0.25) is 11.7 Å². The molecule has 0 aliphatic rings. The van der Waals surface area contributed by atoms with E-state index >= 15 is 0 Å². The number of thioether (sulfide) groups is 1. The van der Waals surface area contributed by atoms with Crippen LogP contribution in [-0.2, 0) is 12.4 Å². The van der Waals surface area contributed by atoms with Gasteiger partial charge >= 0.3 is 0 Å². The minimum absolute atomic E-state index is 0.266. The molecule has 0 spiro atoms. The number of halogens is 1. The van der Waals surface area contributed by atoms with E-state index in [0.717, 1.165) is 17.0 Å². The average molecular weight is 474 g/mol. The van der Waals surface area contributed by atoms with Crippen molar-refractivity contribution in [2.45, 2.75) is 24.4 Å². The van der Waals surface area contributed by atoms with Gasteiger partial charge < -0.3 is 9.26 Å². The maximum absolute atomic E-state index is 13.2. The van der Waals surface area contributed by atoms with Gasteiger partial charge in [-0.3, -0.25) is 4.57 Å². The Morgan fingerprint density at radius 2 is 1.71 bits per heavy atom. The summed E-state index contributed by atoms with van der Waals surface area (Å²) < 4.78 is 26.5. The van der Waals surface area contributed by atoms with Crippen LogP contribution in [0.25, 0.3) is 17.1 Å². The molecule has 0 aliphatic carbocycles. The quantitative estimate of drug-likeness (QED) is 0.270. The first-order valence-corrected chi connectivity index (χ1v) is 11.6. The highest BCUT2D eigenvalue weighted by atomic mass is 32.2. The predicted octanol–water partition coefficient (Wildman–Crippen LogP) is 5.64. The third-order valence-electron chi connectivity index (χ3n) is 5.06. The summed E-state index contributed by atoms with van der Waals surface area (Å²) in [4.78, 5) is 4.42. The smallest absolute Gasteiger partial charge is 0.237 e.